The molecule has 1 fully saturated rings. The summed E-state index contributed by atoms with van der Waals surface area (Å²) in [6.07, 6.45) is 2.81. The van der Waals surface area contributed by atoms with Crippen LogP contribution in [0.2, 0.25) is 0 Å². The monoisotopic (exact) mass is 322 g/mol. The summed E-state index contributed by atoms with van der Waals surface area (Å²) >= 11 is 1.73. The van der Waals surface area contributed by atoms with E-state index in [4.69, 9.17) is 0 Å². The fraction of sp³-hybridized carbons (Fsp3) is 0.625. The highest BCUT2D eigenvalue weighted by atomic mass is 32.1. The van der Waals surface area contributed by atoms with Crippen molar-refractivity contribution in [3.63, 3.8) is 0 Å². The van der Waals surface area contributed by atoms with Crippen molar-refractivity contribution < 1.29 is 4.79 Å². The maximum Gasteiger partial charge on any atom is 0.224 e. The summed E-state index contributed by atoms with van der Waals surface area (Å²) in [5.74, 6) is 1.03. The number of carbonyl (C=O) groups is 1. The second-order valence-corrected chi connectivity index (χ2v) is 6.49. The summed E-state index contributed by atoms with van der Waals surface area (Å²) in [6.45, 7) is 8.12. The molecule has 1 aromatic rings. The molecule has 0 aliphatic carbocycles. The predicted molar refractivity (Wildman–Crippen MR) is 92.3 cm³/mol. The molecule has 1 saturated heterocycles. The van der Waals surface area contributed by atoms with Crippen molar-refractivity contribution in [2.75, 3.05) is 26.2 Å². The molecule has 0 spiro atoms. The Morgan fingerprint density at radius 1 is 1.36 bits per heavy atom. The molecular weight excluding hydrogens is 296 g/mol. The van der Waals surface area contributed by atoms with Crippen molar-refractivity contribution in [3.05, 3.63) is 21.9 Å². The highest BCUT2D eigenvalue weighted by Crippen LogP contribution is 2.16. The Kier molecular flexibility index (Phi) is 6.71. The van der Waals surface area contributed by atoms with E-state index in [0.29, 0.717) is 19.5 Å². The van der Waals surface area contributed by atoms with Crippen LogP contribution in [0.15, 0.2) is 16.4 Å². The lowest BCUT2D eigenvalue weighted by molar-refractivity contribution is -0.129. The Labute approximate surface area is 136 Å². The molecule has 1 amide bonds. The normalized spacial score (nSPS) is 15.2. The van der Waals surface area contributed by atoms with E-state index in [9.17, 15) is 4.79 Å². The van der Waals surface area contributed by atoms with Crippen LogP contribution in [0.5, 0.6) is 0 Å². The average molecular weight is 322 g/mol. The van der Waals surface area contributed by atoms with Gasteiger partial charge < -0.3 is 15.5 Å². The van der Waals surface area contributed by atoms with Gasteiger partial charge in [0, 0.05) is 37.5 Å². The first-order valence-corrected chi connectivity index (χ1v) is 8.91. The molecule has 2 rings (SSSR count). The number of likely N-dealkylation sites (tertiary alicyclic amines) is 1. The maximum atomic E-state index is 12.0. The number of amides is 1. The van der Waals surface area contributed by atoms with E-state index in [-0.39, 0.29) is 5.91 Å². The molecule has 0 atom stereocenters. The van der Waals surface area contributed by atoms with Gasteiger partial charge >= 0.3 is 0 Å². The number of nitrogens with zero attached hydrogens (tertiary/aromatic N) is 2. The van der Waals surface area contributed by atoms with Gasteiger partial charge in [-0.15, -0.1) is 11.3 Å². The summed E-state index contributed by atoms with van der Waals surface area (Å²) in [6, 6.07) is 2.12. The molecule has 5 nitrogen and oxygen atoms in total. The molecule has 2 N–H and O–H groups in total. The van der Waals surface area contributed by atoms with Gasteiger partial charge in [-0.2, -0.15) is 0 Å². The second-order valence-electron chi connectivity index (χ2n) is 5.49. The quantitative estimate of drug-likeness (QED) is 0.623. The number of rotatable bonds is 6. The number of thiophene rings is 1. The Morgan fingerprint density at radius 3 is 2.77 bits per heavy atom. The second kappa shape index (κ2) is 8.78. The molecule has 0 saturated carbocycles. The van der Waals surface area contributed by atoms with Crippen LogP contribution in [0.3, 0.4) is 0 Å². The van der Waals surface area contributed by atoms with Crippen molar-refractivity contribution in [1.82, 2.24) is 15.5 Å². The summed E-state index contributed by atoms with van der Waals surface area (Å²) in [7, 11) is 0. The van der Waals surface area contributed by atoms with Gasteiger partial charge in [-0.1, -0.05) is 0 Å². The summed E-state index contributed by atoms with van der Waals surface area (Å²) in [5.41, 5.74) is 1.29. The SMILES string of the molecule is CCNC(=NCc1sccc1C)NCCC(=O)N1CCCC1. The van der Waals surface area contributed by atoms with Gasteiger partial charge in [-0.3, -0.25) is 4.79 Å². The first-order chi connectivity index (χ1) is 10.7. The van der Waals surface area contributed by atoms with Crippen molar-refractivity contribution in [2.24, 2.45) is 4.99 Å². The zero-order chi connectivity index (χ0) is 15.8. The summed E-state index contributed by atoms with van der Waals surface area (Å²) in [5, 5.41) is 8.57. The number of hydrogen-bond acceptors (Lipinski definition) is 3. The van der Waals surface area contributed by atoms with Crippen LogP contribution in [0, 0.1) is 6.92 Å². The molecule has 1 aromatic heterocycles. The van der Waals surface area contributed by atoms with Crippen molar-refractivity contribution >= 4 is 23.2 Å². The number of hydrogen-bond donors (Lipinski definition) is 2. The lowest BCUT2D eigenvalue weighted by atomic mass is 10.3. The van der Waals surface area contributed by atoms with Gasteiger partial charge in [-0.25, -0.2) is 4.99 Å². The van der Waals surface area contributed by atoms with Crippen LogP contribution in [0.1, 0.15) is 36.6 Å². The van der Waals surface area contributed by atoms with Crippen LogP contribution in [0.25, 0.3) is 0 Å². The topological polar surface area (TPSA) is 56.7 Å². The number of aryl methyl sites for hydroxylation is 1. The third kappa shape index (κ3) is 5.02. The van der Waals surface area contributed by atoms with Crippen LogP contribution in [0.4, 0.5) is 0 Å². The molecule has 0 radical (unpaired) electrons. The summed E-state index contributed by atoms with van der Waals surface area (Å²) < 4.78 is 0. The maximum absolute atomic E-state index is 12.0. The molecule has 0 unspecified atom stereocenters. The zero-order valence-corrected chi connectivity index (χ0v) is 14.3. The highest BCUT2D eigenvalue weighted by molar-refractivity contribution is 7.10. The fourth-order valence-corrected chi connectivity index (χ4v) is 3.30. The third-order valence-electron chi connectivity index (χ3n) is 3.78. The van der Waals surface area contributed by atoms with Crippen molar-refractivity contribution in [1.29, 1.82) is 0 Å². The first-order valence-electron chi connectivity index (χ1n) is 8.03. The molecular formula is C16H26N4OS. The van der Waals surface area contributed by atoms with E-state index in [2.05, 4.69) is 34.0 Å². The van der Waals surface area contributed by atoms with Gasteiger partial charge in [0.25, 0.3) is 0 Å². The number of aliphatic imine (C=N–C) groups is 1. The van der Waals surface area contributed by atoms with Gasteiger partial charge in [0.15, 0.2) is 5.96 Å². The van der Waals surface area contributed by atoms with Crippen LogP contribution in [-0.4, -0.2) is 42.9 Å². The van der Waals surface area contributed by atoms with E-state index in [1.165, 1.54) is 10.4 Å². The van der Waals surface area contributed by atoms with E-state index in [1.807, 2.05) is 11.8 Å². The smallest absolute Gasteiger partial charge is 0.224 e. The standard InChI is InChI=1S/C16H26N4OS/c1-3-17-16(19-12-14-13(2)7-11-22-14)18-8-6-15(21)20-9-4-5-10-20/h7,11H,3-6,8-10,12H2,1-2H3,(H2,17,18,19). The predicted octanol–water partition coefficient (Wildman–Crippen LogP) is 2.12. The lowest BCUT2D eigenvalue weighted by Gasteiger charge is -2.16. The molecule has 1 aliphatic heterocycles. The Bertz CT molecular complexity index is 506. The van der Waals surface area contributed by atoms with E-state index in [1.54, 1.807) is 11.3 Å². The molecule has 0 aromatic carbocycles. The van der Waals surface area contributed by atoms with Crippen LogP contribution >= 0.6 is 11.3 Å². The van der Waals surface area contributed by atoms with Gasteiger partial charge in [-0.05, 0) is 43.7 Å². The summed E-state index contributed by atoms with van der Waals surface area (Å²) in [4.78, 5) is 19.8. The zero-order valence-electron chi connectivity index (χ0n) is 13.5. The number of nitrogens with one attached hydrogen (secondary N) is 2. The first kappa shape index (κ1) is 16.8. The van der Waals surface area contributed by atoms with Gasteiger partial charge in [0.2, 0.25) is 5.91 Å². The molecule has 6 heteroatoms. The van der Waals surface area contributed by atoms with Gasteiger partial charge in [0.1, 0.15) is 0 Å². The highest BCUT2D eigenvalue weighted by Gasteiger charge is 2.17. The number of guanidine groups is 1. The molecule has 1 aliphatic rings. The largest absolute Gasteiger partial charge is 0.357 e. The molecule has 0 bridgehead atoms. The fourth-order valence-electron chi connectivity index (χ4n) is 2.47. The molecule has 2 heterocycles. The molecule has 22 heavy (non-hydrogen) atoms. The third-order valence-corrected chi connectivity index (χ3v) is 4.79. The van der Waals surface area contributed by atoms with Crippen molar-refractivity contribution in [3.8, 4) is 0 Å². The van der Waals surface area contributed by atoms with E-state index < -0.39 is 0 Å². The average Bonchev–Trinajstić information content (AvgIpc) is 3.16. The van der Waals surface area contributed by atoms with Gasteiger partial charge in [0.05, 0.1) is 6.54 Å². The number of carbonyl (C=O) groups excluding carboxylic acids is 1. The lowest BCUT2D eigenvalue weighted by Crippen LogP contribution is -2.39. The van der Waals surface area contributed by atoms with E-state index >= 15 is 0 Å². The minimum atomic E-state index is 0.245. The minimum Gasteiger partial charge on any atom is -0.357 e. The van der Waals surface area contributed by atoms with Crippen molar-refractivity contribution in [2.45, 2.75) is 39.7 Å². The van der Waals surface area contributed by atoms with E-state index in [0.717, 1.165) is 38.4 Å². The van der Waals surface area contributed by atoms with Crippen LogP contribution in [-0.2, 0) is 11.3 Å². The Hall–Kier alpha value is -1.56. The minimum absolute atomic E-state index is 0.245. The Balaban J connectivity index is 1.78. The Morgan fingerprint density at radius 2 is 2.14 bits per heavy atom. The van der Waals surface area contributed by atoms with Crippen LogP contribution < -0.4 is 10.6 Å². The molecule has 122 valence electrons.